The highest BCUT2D eigenvalue weighted by atomic mass is 35.5. The highest BCUT2D eigenvalue weighted by molar-refractivity contribution is 6.31. The average molecular weight is 368 g/mol. The van der Waals surface area contributed by atoms with Gasteiger partial charge in [-0.15, -0.1) is 0 Å². The first kappa shape index (κ1) is 19.7. The van der Waals surface area contributed by atoms with Gasteiger partial charge in [-0.2, -0.15) is 0 Å². The number of carbonyl (C=O) groups is 1. The summed E-state index contributed by atoms with van der Waals surface area (Å²) >= 11 is 6.51. The minimum absolute atomic E-state index is 0.240. The fourth-order valence-corrected chi connectivity index (χ4v) is 3.05. The molecule has 0 saturated carbocycles. The lowest BCUT2D eigenvalue weighted by atomic mass is 9.79. The van der Waals surface area contributed by atoms with Gasteiger partial charge in [0.25, 0.3) is 0 Å². The minimum Gasteiger partial charge on any atom is -0.443 e. The summed E-state index contributed by atoms with van der Waals surface area (Å²) in [5.74, 6) is -0.534. The first-order valence-corrected chi connectivity index (χ1v) is 8.66. The lowest BCUT2D eigenvalue weighted by Gasteiger charge is -2.36. The summed E-state index contributed by atoms with van der Waals surface area (Å²) in [4.78, 5) is 12.3. The third-order valence-corrected chi connectivity index (χ3v) is 4.30. The number of ether oxygens (including phenoxy) is 1. The largest absolute Gasteiger partial charge is 0.443 e. The van der Waals surface area contributed by atoms with Crippen molar-refractivity contribution in [3.8, 4) is 0 Å². The Hall–Kier alpha value is -2.62. The maximum Gasteiger partial charge on any atom is 0.321 e. The average Bonchev–Trinajstić information content (AvgIpc) is 2.71. The van der Waals surface area contributed by atoms with E-state index in [1.807, 2.05) is 79.7 Å². The standard InChI is InChI=1S/C22H22ClNO2/c1-3-11-19(20(23)4-2)22(26-21(25)16-24,17-12-7-5-8-13-17)18-14-9-6-10-15-18/h3-15H,2,16,24H2,1H3/b11-3-,20-19-. The number of benzene rings is 2. The van der Waals surface area contributed by atoms with Crippen LogP contribution in [0.2, 0.25) is 0 Å². The normalized spacial score (nSPS) is 12.6. The molecule has 0 heterocycles. The van der Waals surface area contributed by atoms with Crippen LogP contribution < -0.4 is 5.73 Å². The van der Waals surface area contributed by atoms with Crippen molar-refractivity contribution in [3.05, 3.63) is 107 Å². The van der Waals surface area contributed by atoms with Crippen molar-refractivity contribution >= 4 is 17.6 Å². The first-order chi connectivity index (χ1) is 12.6. The molecular formula is C22H22ClNO2. The SMILES string of the molecule is C=C/C(Cl)=C(\C=C/C)C(OC(=O)CN)(c1ccccc1)c1ccccc1. The monoisotopic (exact) mass is 367 g/mol. The summed E-state index contributed by atoms with van der Waals surface area (Å²) in [5.41, 5.74) is 6.45. The molecule has 2 N–H and O–H groups in total. The van der Waals surface area contributed by atoms with Gasteiger partial charge in [-0.05, 0) is 6.92 Å². The minimum atomic E-state index is -1.24. The Labute approximate surface area is 159 Å². The van der Waals surface area contributed by atoms with Crippen LogP contribution in [-0.2, 0) is 15.1 Å². The van der Waals surface area contributed by atoms with E-state index < -0.39 is 11.6 Å². The molecule has 2 rings (SSSR count). The van der Waals surface area contributed by atoms with E-state index in [9.17, 15) is 4.79 Å². The summed E-state index contributed by atoms with van der Waals surface area (Å²) in [6.07, 6.45) is 5.21. The van der Waals surface area contributed by atoms with Crippen molar-refractivity contribution in [1.29, 1.82) is 0 Å². The van der Waals surface area contributed by atoms with Crippen molar-refractivity contribution in [2.75, 3.05) is 6.54 Å². The van der Waals surface area contributed by atoms with Crippen molar-refractivity contribution < 1.29 is 9.53 Å². The Balaban J connectivity index is 2.93. The molecule has 0 aromatic heterocycles. The fourth-order valence-electron chi connectivity index (χ4n) is 2.85. The van der Waals surface area contributed by atoms with Crippen LogP contribution in [0.15, 0.2) is 96.1 Å². The van der Waals surface area contributed by atoms with E-state index >= 15 is 0 Å². The van der Waals surface area contributed by atoms with Gasteiger partial charge in [-0.1, -0.05) is 97.1 Å². The van der Waals surface area contributed by atoms with Crippen molar-refractivity contribution in [2.24, 2.45) is 5.73 Å². The first-order valence-electron chi connectivity index (χ1n) is 8.28. The number of esters is 1. The van der Waals surface area contributed by atoms with Gasteiger partial charge in [0.1, 0.15) is 0 Å². The molecule has 0 aliphatic rings. The predicted molar refractivity (Wildman–Crippen MR) is 107 cm³/mol. The zero-order valence-corrected chi connectivity index (χ0v) is 15.4. The fraction of sp³-hybridized carbons (Fsp3) is 0.136. The second-order valence-corrected chi connectivity index (χ2v) is 5.96. The topological polar surface area (TPSA) is 52.3 Å². The van der Waals surface area contributed by atoms with Gasteiger partial charge in [0, 0.05) is 21.7 Å². The lowest BCUT2D eigenvalue weighted by molar-refractivity contribution is -0.151. The highest BCUT2D eigenvalue weighted by Crippen LogP contribution is 2.43. The molecule has 0 unspecified atom stereocenters. The number of allylic oxidation sites excluding steroid dienone is 3. The van der Waals surface area contributed by atoms with Crippen LogP contribution in [0.25, 0.3) is 0 Å². The van der Waals surface area contributed by atoms with Gasteiger partial charge in [-0.25, -0.2) is 0 Å². The van der Waals surface area contributed by atoms with Gasteiger partial charge in [0.15, 0.2) is 5.60 Å². The quantitative estimate of drug-likeness (QED) is 0.570. The Morgan fingerprint density at radius 1 is 1.12 bits per heavy atom. The molecule has 0 bridgehead atoms. The summed E-state index contributed by atoms with van der Waals surface area (Å²) in [6, 6.07) is 18.9. The second kappa shape index (κ2) is 9.18. The third kappa shape index (κ3) is 3.96. The molecule has 0 radical (unpaired) electrons. The number of nitrogens with two attached hydrogens (primary N) is 1. The van der Waals surface area contributed by atoms with E-state index in [1.165, 1.54) is 6.08 Å². The Morgan fingerprint density at radius 2 is 1.62 bits per heavy atom. The zero-order chi connectivity index (χ0) is 19.0. The molecule has 0 fully saturated rings. The molecular weight excluding hydrogens is 346 g/mol. The molecule has 2 aromatic rings. The van der Waals surface area contributed by atoms with Gasteiger partial charge in [-0.3, -0.25) is 4.79 Å². The molecule has 3 nitrogen and oxygen atoms in total. The van der Waals surface area contributed by atoms with Crippen molar-refractivity contribution in [3.63, 3.8) is 0 Å². The molecule has 0 saturated heterocycles. The summed E-state index contributed by atoms with van der Waals surface area (Å²) in [7, 11) is 0. The van der Waals surface area contributed by atoms with E-state index in [0.717, 1.165) is 11.1 Å². The van der Waals surface area contributed by atoms with E-state index in [1.54, 1.807) is 0 Å². The van der Waals surface area contributed by atoms with Gasteiger partial charge in [0.2, 0.25) is 0 Å². The maximum atomic E-state index is 12.3. The van der Waals surface area contributed by atoms with Crippen LogP contribution >= 0.6 is 11.6 Å². The Morgan fingerprint density at radius 3 is 2.00 bits per heavy atom. The molecule has 0 atom stereocenters. The van der Waals surface area contributed by atoms with Gasteiger partial charge in [0.05, 0.1) is 6.54 Å². The molecule has 134 valence electrons. The second-order valence-electron chi connectivity index (χ2n) is 5.56. The van der Waals surface area contributed by atoms with E-state index in [-0.39, 0.29) is 6.54 Å². The number of halogens is 1. The van der Waals surface area contributed by atoms with E-state index in [4.69, 9.17) is 22.1 Å². The van der Waals surface area contributed by atoms with Crippen LogP contribution in [-0.4, -0.2) is 12.5 Å². The number of rotatable bonds is 7. The van der Waals surface area contributed by atoms with Gasteiger partial charge >= 0.3 is 5.97 Å². The summed E-state index contributed by atoms with van der Waals surface area (Å²) in [6.45, 7) is 5.41. The van der Waals surface area contributed by atoms with Gasteiger partial charge < -0.3 is 10.5 Å². The number of hydrogen-bond acceptors (Lipinski definition) is 3. The smallest absolute Gasteiger partial charge is 0.321 e. The maximum absolute atomic E-state index is 12.3. The number of hydrogen-bond donors (Lipinski definition) is 1. The van der Waals surface area contributed by atoms with Crippen molar-refractivity contribution in [1.82, 2.24) is 0 Å². The van der Waals surface area contributed by atoms with Crippen molar-refractivity contribution in [2.45, 2.75) is 12.5 Å². The lowest BCUT2D eigenvalue weighted by Crippen LogP contribution is -2.38. The molecule has 0 aliphatic heterocycles. The van der Waals surface area contributed by atoms with Crippen LogP contribution in [0, 0.1) is 0 Å². The molecule has 26 heavy (non-hydrogen) atoms. The summed E-state index contributed by atoms with van der Waals surface area (Å²) in [5, 5.41) is 0.389. The Kier molecular flexibility index (Phi) is 6.96. The van der Waals surface area contributed by atoms with Crippen LogP contribution in [0.3, 0.4) is 0 Å². The van der Waals surface area contributed by atoms with E-state index in [2.05, 4.69) is 6.58 Å². The highest BCUT2D eigenvalue weighted by Gasteiger charge is 2.42. The molecule has 0 spiro atoms. The van der Waals surface area contributed by atoms with Crippen LogP contribution in [0.1, 0.15) is 18.1 Å². The number of carbonyl (C=O) groups excluding carboxylic acids is 1. The molecule has 4 heteroatoms. The zero-order valence-electron chi connectivity index (χ0n) is 14.7. The van der Waals surface area contributed by atoms with Crippen LogP contribution in [0.4, 0.5) is 0 Å². The molecule has 2 aromatic carbocycles. The third-order valence-electron chi connectivity index (χ3n) is 3.94. The van der Waals surface area contributed by atoms with Crippen LogP contribution in [0.5, 0.6) is 0 Å². The molecule has 0 aliphatic carbocycles. The van der Waals surface area contributed by atoms with E-state index in [0.29, 0.717) is 10.6 Å². The molecule has 0 amide bonds. The Bertz CT molecular complexity index is 771. The summed E-state index contributed by atoms with van der Waals surface area (Å²) < 4.78 is 5.99. The predicted octanol–water partition coefficient (Wildman–Crippen LogP) is 4.69.